The molecule has 0 unspecified atom stereocenters. The van der Waals surface area contributed by atoms with Crippen molar-refractivity contribution in [3.8, 4) is 10.6 Å². The number of aromatic nitrogens is 2. The predicted octanol–water partition coefficient (Wildman–Crippen LogP) is 5.04. The van der Waals surface area contributed by atoms with Crippen LogP contribution in [0.4, 0.5) is 19.0 Å². The van der Waals surface area contributed by atoms with Gasteiger partial charge in [0.15, 0.2) is 12.4 Å². The molecule has 0 saturated carbocycles. The van der Waals surface area contributed by atoms with Crippen LogP contribution in [0.25, 0.3) is 10.6 Å². The minimum absolute atomic E-state index is 0.254. The van der Waals surface area contributed by atoms with Crippen molar-refractivity contribution in [2.45, 2.75) is 13.1 Å². The summed E-state index contributed by atoms with van der Waals surface area (Å²) < 4.78 is 42.8. The van der Waals surface area contributed by atoms with Crippen LogP contribution in [0.3, 0.4) is 0 Å². The highest BCUT2D eigenvalue weighted by atomic mass is 35.5. The number of carbonyl (C=O) groups is 2. The molecule has 29 heavy (non-hydrogen) atoms. The third kappa shape index (κ3) is 5.11. The van der Waals surface area contributed by atoms with E-state index >= 15 is 0 Å². The Hall–Kier alpha value is -2.50. The number of nitrogens with one attached hydrogen (secondary N) is 1. The van der Waals surface area contributed by atoms with Crippen molar-refractivity contribution in [1.29, 1.82) is 0 Å². The second-order valence-corrected chi connectivity index (χ2v) is 7.81. The maximum Gasteiger partial charge on any atom is 0.417 e. The van der Waals surface area contributed by atoms with Gasteiger partial charge in [0.2, 0.25) is 0 Å². The maximum absolute atomic E-state index is 12.6. The quantitative estimate of drug-likeness (QED) is 0.538. The molecule has 3 aromatic heterocycles. The fraction of sp³-hybridized carbons (Fsp3) is 0.176. The number of carbonyl (C=O) groups excluding carboxylic acids is 2. The summed E-state index contributed by atoms with van der Waals surface area (Å²) in [4.78, 5) is 32.2. The molecule has 152 valence electrons. The standard InChI is InChI=1S/C17H11ClF3N3O3S2/c1-8-13(29-15(23-8)9-2-3-28-7-9)16(26)27-6-12(25)24-14-11(18)4-10(5-22-14)17(19,20)21/h2-5,7H,6H2,1H3,(H,22,24,25). The van der Waals surface area contributed by atoms with Gasteiger partial charge in [-0.2, -0.15) is 24.5 Å². The third-order valence-electron chi connectivity index (χ3n) is 3.51. The molecule has 0 fully saturated rings. The normalized spacial score (nSPS) is 11.3. The number of rotatable bonds is 5. The van der Waals surface area contributed by atoms with E-state index in [1.807, 2.05) is 16.8 Å². The van der Waals surface area contributed by atoms with Crippen LogP contribution >= 0.6 is 34.3 Å². The molecule has 0 saturated heterocycles. The number of anilines is 1. The van der Waals surface area contributed by atoms with Crippen LogP contribution in [0.2, 0.25) is 5.02 Å². The Morgan fingerprint density at radius 3 is 2.72 bits per heavy atom. The van der Waals surface area contributed by atoms with Crippen molar-refractivity contribution in [3.63, 3.8) is 0 Å². The molecule has 3 rings (SSSR count). The van der Waals surface area contributed by atoms with E-state index in [4.69, 9.17) is 16.3 Å². The summed E-state index contributed by atoms with van der Waals surface area (Å²) in [5.41, 5.74) is 0.297. The number of hydrogen-bond acceptors (Lipinski definition) is 7. The van der Waals surface area contributed by atoms with Crippen LogP contribution in [-0.4, -0.2) is 28.5 Å². The molecule has 0 aliphatic carbocycles. The van der Waals surface area contributed by atoms with E-state index in [0.717, 1.165) is 16.9 Å². The van der Waals surface area contributed by atoms with Crippen molar-refractivity contribution >= 4 is 52.0 Å². The lowest BCUT2D eigenvalue weighted by molar-refractivity contribution is -0.137. The molecule has 6 nitrogen and oxygen atoms in total. The van der Waals surface area contributed by atoms with Crippen LogP contribution in [0.1, 0.15) is 20.9 Å². The minimum atomic E-state index is -4.61. The first-order valence-electron chi connectivity index (χ1n) is 7.85. The fourth-order valence-electron chi connectivity index (χ4n) is 2.15. The van der Waals surface area contributed by atoms with E-state index in [2.05, 4.69) is 15.3 Å². The second-order valence-electron chi connectivity index (χ2n) is 5.62. The summed E-state index contributed by atoms with van der Waals surface area (Å²) in [6, 6.07) is 2.51. The lowest BCUT2D eigenvalue weighted by atomic mass is 10.3. The van der Waals surface area contributed by atoms with E-state index in [0.29, 0.717) is 23.0 Å². The largest absolute Gasteiger partial charge is 0.451 e. The summed E-state index contributed by atoms with van der Waals surface area (Å²) in [6.45, 7) is 0.984. The molecular formula is C17H11ClF3N3O3S2. The number of thiazole rings is 1. The molecule has 0 atom stereocenters. The molecule has 0 radical (unpaired) electrons. The molecular weight excluding hydrogens is 451 g/mol. The summed E-state index contributed by atoms with van der Waals surface area (Å²) in [5, 5.41) is 6.24. The molecule has 1 N–H and O–H groups in total. The number of esters is 1. The van der Waals surface area contributed by atoms with Gasteiger partial charge in [-0.3, -0.25) is 4.79 Å². The SMILES string of the molecule is Cc1nc(-c2ccsc2)sc1C(=O)OCC(=O)Nc1ncc(C(F)(F)F)cc1Cl. The van der Waals surface area contributed by atoms with Crippen LogP contribution in [0.5, 0.6) is 0 Å². The molecule has 1 amide bonds. The highest BCUT2D eigenvalue weighted by Crippen LogP contribution is 2.32. The van der Waals surface area contributed by atoms with Gasteiger partial charge in [-0.25, -0.2) is 14.8 Å². The number of ether oxygens (including phenoxy) is 1. The zero-order chi connectivity index (χ0) is 21.2. The molecule has 12 heteroatoms. The smallest absolute Gasteiger partial charge is 0.417 e. The topological polar surface area (TPSA) is 81.2 Å². The van der Waals surface area contributed by atoms with E-state index in [1.54, 1.807) is 6.92 Å². The Morgan fingerprint density at radius 1 is 1.34 bits per heavy atom. The van der Waals surface area contributed by atoms with E-state index < -0.39 is 35.2 Å². The molecule has 3 aromatic rings. The molecule has 0 bridgehead atoms. The third-order valence-corrected chi connectivity index (χ3v) is 5.67. The van der Waals surface area contributed by atoms with Crippen LogP contribution in [-0.2, 0) is 15.7 Å². The lowest BCUT2D eigenvalue weighted by Gasteiger charge is -2.10. The Morgan fingerprint density at radius 2 is 2.10 bits per heavy atom. The van der Waals surface area contributed by atoms with Crippen LogP contribution in [0, 0.1) is 6.92 Å². The number of amides is 1. The van der Waals surface area contributed by atoms with Crippen molar-refractivity contribution in [2.24, 2.45) is 0 Å². The number of alkyl halides is 3. The van der Waals surface area contributed by atoms with Crippen molar-refractivity contribution in [3.05, 3.63) is 50.2 Å². The molecule has 3 heterocycles. The number of thiophene rings is 1. The highest BCUT2D eigenvalue weighted by molar-refractivity contribution is 7.17. The van der Waals surface area contributed by atoms with Crippen molar-refractivity contribution in [2.75, 3.05) is 11.9 Å². The zero-order valence-corrected chi connectivity index (χ0v) is 16.9. The molecule has 0 spiro atoms. The number of halogens is 4. The Balaban J connectivity index is 1.60. The van der Waals surface area contributed by atoms with Gasteiger partial charge in [0.1, 0.15) is 9.88 Å². The van der Waals surface area contributed by atoms with Gasteiger partial charge in [0, 0.05) is 17.1 Å². The molecule has 0 aliphatic rings. The summed E-state index contributed by atoms with van der Waals surface area (Å²) in [7, 11) is 0. The second kappa shape index (κ2) is 8.47. The molecule has 0 aliphatic heterocycles. The summed E-state index contributed by atoms with van der Waals surface area (Å²) >= 11 is 8.35. The Kier molecular flexibility index (Phi) is 6.20. The average Bonchev–Trinajstić information content (AvgIpc) is 3.30. The van der Waals surface area contributed by atoms with E-state index in [1.165, 1.54) is 11.3 Å². The zero-order valence-electron chi connectivity index (χ0n) is 14.5. The van der Waals surface area contributed by atoms with E-state index in [-0.39, 0.29) is 10.7 Å². The Labute approximate surface area is 175 Å². The number of aryl methyl sites for hydroxylation is 1. The summed E-state index contributed by atoms with van der Waals surface area (Å²) in [6.07, 6.45) is -4.07. The van der Waals surface area contributed by atoms with Crippen molar-refractivity contribution < 1.29 is 27.5 Å². The van der Waals surface area contributed by atoms with Gasteiger partial charge < -0.3 is 10.1 Å². The first-order valence-corrected chi connectivity index (χ1v) is 9.98. The van der Waals surface area contributed by atoms with Crippen LogP contribution < -0.4 is 5.32 Å². The van der Waals surface area contributed by atoms with Gasteiger partial charge in [-0.1, -0.05) is 11.6 Å². The minimum Gasteiger partial charge on any atom is -0.451 e. The number of hydrogen-bond donors (Lipinski definition) is 1. The fourth-order valence-corrected chi connectivity index (χ4v) is 4.03. The maximum atomic E-state index is 12.6. The monoisotopic (exact) mass is 461 g/mol. The van der Waals surface area contributed by atoms with Gasteiger partial charge in [0.05, 0.1) is 16.3 Å². The average molecular weight is 462 g/mol. The Bertz CT molecular complexity index is 1050. The van der Waals surface area contributed by atoms with Gasteiger partial charge in [-0.15, -0.1) is 11.3 Å². The first kappa shape index (κ1) is 21.2. The predicted molar refractivity (Wildman–Crippen MR) is 103 cm³/mol. The van der Waals surface area contributed by atoms with Crippen molar-refractivity contribution in [1.82, 2.24) is 9.97 Å². The highest BCUT2D eigenvalue weighted by Gasteiger charge is 2.31. The van der Waals surface area contributed by atoms with Crippen LogP contribution in [0.15, 0.2) is 29.1 Å². The lowest BCUT2D eigenvalue weighted by Crippen LogP contribution is -2.21. The van der Waals surface area contributed by atoms with Gasteiger partial charge in [-0.05, 0) is 24.4 Å². The summed E-state index contributed by atoms with van der Waals surface area (Å²) in [5.74, 6) is -1.80. The number of nitrogens with zero attached hydrogens (tertiary/aromatic N) is 2. The first-order chi connectivity index (χ1) is 13.6. The molecule has 0 aromatic carbocycles. The number of pyridine rings is 1. The van der Waals surface area contributed by atoms with Gasteiger partial charge in [0.25, 0.3) is 5.91 Å². The van der Waals surface area contributed by atoms with E-state index in [9.17, 15) is 22.8 Å². The van der Waals surface area contributed by atoms with Gasteiger partial charge >= 0.3 is 12.1 Å².